The Balaban J connectivity index is 2.28. The highest BCUT2D eigenvalue weighted by Crippen LogP contribution is 2.21. The molecule has 0 spiro atoms. The zero-order chi connectivity index (χ0) is 14.0. The Hall–Kier alpha value is -1.32. The van der Waals surface area contributed by atoms with Gasteiger partial charge >= 0.3 is 0 Å². The number of rotatable bonds is 4. The van der Waals surface area contributed by atoms with Crippen molar-refractivity contribution in [2.75, 3.05) is 0 Å². The first-order valence-corrected chi connectivity index (χ1v) is 6.86. The van der Waals surface area contributed by atoms with Crippen molar-refractivity contribution in [3.05, 3.63) is 36.0 Å². The van der Waals surface area contributed by atoms with Crippen molar-refractivity contribution in [3.8, 4) is 0 Å². The number of aliphatic hydroxyl groups excluding tert-OH is 1. The molecule has 1 heterocycles. The Bertz CT molecular complexity index is 549. The molecule has 3 heteroatoms. The number of aromatic nitrogens is 1. The average Bonchev–Trinajstić information content (AvgIpc) is 2.69. The van der Waals surface area contributed by atoms with Crippen molar-refractivity contribution >= 4 is 10.9 Å². The van der Waals surface area contributed by atoms with E-state index in [0.29, 0.717) is 6.54 Å². The van der Waals surface area contributed by atoms with Gasteiger partial charge in [0.1, 0.15) is 0 Å². The molecule has 1 aromatic carbocycles. The summed E-state index contributed by atoms with van der Waals surface area (Å²) in [5.74, 6) is 0. The summed E-state index contributed by atoms with van der Waals surface area (Å²) in [6.07, 6.45) is 1.73. The van der Waals surface area contributed by atoms with Gasteiger partial charge in [0.15, 0.2) is 0 Å². The molecule has 0 saturated carbocycles. The van der Waals surface area contributed by atoms with Crippen LogP contribution in [-0.2, 0) is 13.1 Å². The minimum absolute atomic E-state index is 0.115. The number of hydrogen-bond donors (Lipinski definition) is 2. The van der Waals surface area contributed by atoms with E-state index >= 15 is 0 Å². The summed E-state index contributed by atoms with van der Waals surface area (Å²) in [4.78, 5) is 0. The average molecular weight is 260 g/mol. The minimum Gasteiger partial charge on any atom is -0.392 e. The van der Waals surface area contributed by atoms with Gasteiger partial charge in [-0.25, -0.2) is 0 Å². The van der Waals surface area contributed by atoms with Crippen LogP contribution in [-0.4, -0.2) is 21.3 Å². The van der Waals surface area contributed by atoms with E-state index < -0.39 is 0 Å². The Morgan fingerprint density at radius 2 is 2.00 bits per heavy atom. The lowest BCUT2D eigenvalue weighted by atomic mass is 10.1. The van der Waals surface area contributed by atoms with Gasteiger partial charge in [-0.2, -0.15) is 0 Å². The van der Waals surface area contributed by atoms with E-state index in [9.17, 15) is 5.11 Å². The molecule has 0 saturated heterocycles. The molecule has 104 valence electrons. The first-order chi connectivity index (χ1) is 8.87. The molecule has 0 bridgehead atoms. The van der Waals surface area contributed by atoms with Crippen molar-refractivity contribution in [3.63, 3.8) is 0 Å². The molecule has 0 aliphatic heterocycles. The van der Waals surface area contributed by atoms with E-state index in [1.54, 1.807) is 0 Å². The molecule has 1 atom stereocenters. The van der Waals surface area contributed by atoms with Crippen LogP contribution < -0.4 is 5.32 Å². The van der Waals surface area contributed by atoms with E-state index in [0.717, 1.165) is 6.54 Å². The third kappa shape index (κ3) is 3.58. The van der Waals surface area contributed by atoms with Crippen LogP contribution in [0.4, 0.5) is 0 Å². The second-order valence-corrected chi connectivity index (χ2v) is 6.27. The van der Waals surface area contributed by atoms with Gasteiger partial charge in [0.25, 0.3) is 0 Å². The predicted octanol–water partition coefficient (Wildman–Crippen LogP) is 2.91. The van der Waals surface area contributed by atoms with Crippen LogP contribution in [0.2, 0.25) is 0 Å². The van der Waals surface area contributed by atoms with Crippen LogP contribution in [0.5, 0.6) is 0 Å². The fraction of sp³-hybridized carbons (Fsp3) is 0.500. The number of benzene rings is 1. The zero-order valence-corrected chi connectivity index (χ0v) is 12.3. The Labute approximate surface area is 115 Å². The quantitative estimate of drug-likeness (QED) is 0.887. The van der Waals surface area contributed by atoms with E-state index in [1.807, 2.05) is 6.92 Å². The normalized spacial score (nSPS) is 13.9. The second kappa shape index (κ2) is 5.35. The number of nitrogens with one attached hydrogen (secondary N) is 1. The van der Waals surface area contributed by atoms with Crippen LogP contribution in [0.25, 0.3) is 10.9 Å². The van der Waals surface area contributed by atoms with Crippen molar-refractivity contribution < 1.29 is 5.11 Å². The summed E-state index contributed by atoms with van der Waals surface area (Å²) < 4.78 is 2.11. The van der Waals surface area contributed by atoms with Crippen LogP contribution in [0.15, 0.2) is 30.5 Å². The Morgan fingerprint density at radius 1 is 1.26 bits per heavy atom. The first kappa shape index (κ1) is 14.1. The zero-order valence-electron chi connectivity index (χ0n) is 12.3. The van der Waals surface area contributed by atoms with E-state index in [4.69, 9.17) is 0 Å². The van der Waals surface area contributed by atoms with E-state index in [-0.39, 0.29) is 11.6 Å². The van der Waals surface area contributed by atoms with Gasteiger partial charge in [0, 0.05) is 35.7 Å². The lowest BCUT2D eigenvalue weighted by molar-refractivity contribution is 0.175. The molecule has 2 N–H and O–H groups in total. The first-order valence-electron chi connectivity index (χ1n) is 6.86. The summed E-state index contributed by atoms with van der Waals surface area (Å²) in [5.41, 5.74) is 2.61. The molecule has 3 nitrogen and oxygen atoms in total. The number of aliphatic hydroxyl groups is 1. The molecule has 1 unspecified atom stereocenters. The lowest BCUT2D eigenvalue weighted by Crippen LogP contribution is -2.35. The van der Waals surface area contributed by atoms with Crippen molar-refractivity contribution in [2.45, 2.75) is 52.4 Å². The van der Waals surface area contributed by atoms with E-state index in [1.165, 1.54) is 16.5 Å². The van der Waals surface area contributed by atoms with Crippen LogP contribution in [0.3, 0.4) is 0 Å². The number of hydrogen-bond acceptors (Lipinski definition) is 2. The van der Waals surface area contributed by atoms with E-state index in [2.05, 4.69) is 61.1 Å². The SMILES string of the molecule is CC(O)Cn1ccc2c(CNC(C)(C)C)cccc21. The van der Waals surface area contributed by atoms with Crippen molar-refractivity contribution in [1.29, 1.82) is 0 Å². The number of fused-ring (bicyclic) bond motifs is 1. The third-order valence-corrected chi connectivity index (χ3v) is 3.17. The maximum Gasteiger partial charge on any atom is 0.0691 e. The molecule has 0 radical (unpaired) electrons. The number of nitrogens with zero attached hydrogens (tertiary/aromatic N) is 1. The smallest absolute Gasteiger partial charge is 0.0691 e. The van der Waals surface area contributed by atoms with Gasteiger partial charge in [-0.3, -0.25) is 0 Å². The molecule has 1 aromatic heterocycles. The molecule has 0 amide bonds. The largest absolute Gasteiger partial charge is 0.392 e. The fourth-order valence-electron chi connectivity index (χ4n) is 2.25. The lowest BCUT2D eigenvalue weighted by Gasteiger charge is -2.21. The molecular weight excluding hydrogens is 236 g/mol. The molecular formula is C16H24N2O. The van der Waals surface area contributed by atoms with Gasteiger partial charge in [-0.15, -0.1) is 0 Å². The van der Waals surface area contributed by atoms with Crippen molar-refractivity contribution in [2.24, 2.45) is 0 Å². The molecule has 0 fully saturated rings. The summed E-state index contributed by atoms with van der Waals surface area (Å²) in [7, 11) is 0. The minimum atomic E-state index is -0.327. The maximum absolute atomic E-state index is 9.53. The second-order valence-electron chi connectivity index (χ2n) is 6.27. The summed E-state index contributed by atoms with van der Waals surface area (Å²) >= 11 is 0. The molecule has 2 rings (SSSR count). The highest BCUT2D eigenvalue weighted by atomic mass is 16.3. The topological polar surface area (TPSA) is 37.2 Å². The standard InChI is InChI=1S/C16H24N2O/c1-12(19)11-18-9-8-14-13(6-5-7-15(14)18)10-17-16(2,3)4/h5-9,12,17,19H,10-11H2,1-4H3. The van der Waals surface area contributed by atoms with Crippen LogP contribution in [0, 0.1) is 0 Å². The Kier molecular flexibility index (Phi) is 3.97. The summed E-state index contributed by atoms with van der Waals surface area (Å²) in [6, 6.07) is 8.49. The van der Waals surface area contributed by atoms with Crippen LogP contribution in [0.1, 0.15) is 33.3 Å². The van der Waals surface area contributed by atoms with Gasteiger partial charge in [0.2, 0.25) is 0 Å². The maximum atomic E-state index is 9.53. The highest BCUT2D eigenvalue weighted by molar-refractivity contribution is 5.83. The predicted molar refractivity (Wildman–Crippen MR) is 80.2 cm³/mol. The van der Waals surface area contributed by atoms with Crippen LogP contribution >= 0.6 is 0 Å². The monoisotopic (exact) mass is 260 g/mol. The molecule has 0 aliphatic rings. The van der Waals surface area contributed by atoms with Gasteiger partial charge < -0.3 is 15.0 Å². The Morgan fingerprint density at radius 3 is 2.63 bits per heavy atom. The fourth-order valence-corrected chi connectivity index (χ4v) is 2.25. The van der Waals surface area contributed by atoms with Gasteiger partial charge in [-0.1, -0.05) is 12.1 Å². The molecule has 19 heavy (non-hydrogen) atoms. The molecule has 0 aliphatic carbocycles. The van der Waals surface area contributed by atoms with Gasteiger partial charge in [-0.05, 0) is 45.4 Å². The summed E-state index contributed by atoms with van der Waals surface area (Å²) in [6.45, 7) is 9.83. The highest BCUT2D eigenvalue weighted by Gasteiger charge is 2.11. The van der Waals surface area contributed by atoms with Gasteiger partial charge in [0.05, 0.1) is 6.10 Å². The third-order valence-electron chi connectivity index (χ3n) is 3.17. The van der Waals surface area contributed by atoms with Crippen molar-refractivity contribution in [1.82, 2.24) is 9.88 Å². The molecule has 2 aromatic rings. The summed E-state index contributed by atoms with van der Waals surface area (Å²) in [5, 5.41) is 14.3.